The van der Waals surface area contributed by atoms with Crippen molar-refractivity contribution in [1.29, 1.82) is 0 Å². The number of hydrogen-bond donors (Lipinski definition) is 2. The van der Waals surface area contributed by atoms with E-state index in [-0.39, 0.29) is 11.7 Å². The van der Waals surface area contributed by atoms with Gasteiger partial charge < -0.3 is 5.32 Å². The zero-order chi connectivity index (χ0) is 14.9. The number of fused-ring (bicyclic) bond motifs is 1. The minimum absolute atomic E-state index is 0.167. The lowest BCUT2D eigenvalue weighted by Gasteiger charge is -2.07. The number of imidazole rings is 1. The SMILES string of the molecule is O=C(Nc1ccccc1-c1cn2ccsc2n1)c1ncn[nH]1. The van der Waals surface area contributed by atoms with Crippen LogP contribution >= 0.6 is 11.3 Å². The van der Waals surface area contributed by atoms with Crippen molar-refractivity contribution in [1.82, 2.24) is 24.6 Å². The van der Waals surface area contributed by atoms with Crippen LogP contribution in [0.2, 0.25) is 0 Å². The van der Waals surface area contributed by atoms with Crippen LogP contribution in [0.1, 0.15) is 10.6 Å². The summed E-state index contributed by atoms with van der Waals surface area (Å²) in [6, 6.07) is 7.52. The van der Waals surface area contributed by atoms with Crippen molar-refractivity contribution in [3.05, 3.63) is 54.2 Å². The van der Waals surface area contributed by atoms with E-state index in [1.165, 1.54) is 6.33 Å². The van der Waals surface area contributed by atoms with E-state index in [1.807, 2.05) is 46.4 Å². The molecule has 0 spiro atoms. The van der Waals surface area contributed by atoms with Crippen molar-refractivity contribution >= 4 is 27.9 Å². The molecule has 0 radical (unpaired) electrons. The number of carbonyl (C=O) groups excluding carboxylic acids is 1. The molecule has 0 unspecified atom stereocenters. The van der Waals surface area contributed by atoms with Crippen LogP contribution in [0.4, 0.5) is 5.69 Å². The third kappa shape index (κ3) is 2.15. The van der Waals surface area contributed by atoms with E-state index in [1.54, 1.807) is 11.3 Å². The Morgan fingerprint density at radius 2 is 2.23 bits per heavy atom. The molecule has 3 aromatic heterocycles. The largest absolute Gasteiger partial charge is 0.319 e. The number of hydrogen-bond acceptors (Lipinski definition) is 5. The standard InChI is InChI=1S/C14H10N6OS/c21-13(12-15-8-16-19-12)17-10-4-2-1-3-9(10)11-7-20-5-6-22-14(20)18-11/h1-8H,(H,17,21)(H,15,16,19). The van der Waals surface area contributed by atoms with Crippen molar-refractivity contribution < 1.29 is 4.79 Å². The van der Waals surface area contributed by atoms with E-state index in [0.717, 1.165) is 16.2 Å². The molecule has 0 bridgehead atoms. The van der Waals surface area contributed by atoms with Crippen molar-refractivity contribution in [2.24, 2.45) is 0 Å². The number of para-hydroxylation sites is 1. The highest BCUT2D eigenvalue weighted by Crippen LogP contribution is 2.28. The summed E-state index contributed by atoms with van der Waals surface area (Å²) in [6.07, 6.45) is 5.18. The number of carbonyl (C=O) groups is 1. The number of nitrogens with zero attached hydrogens (tertiary/aromatic N) is 4. The molecule has 0 fully saturated rings. The Hall–Kier alpha value is -3.00. The van der Waals surface area contributed by atoms with Gasteiger partial charge in [-0.25, -0.2) is 9.97 Å². The van der Waals surface area contributed by atoms with Gasteiger partial charge in [0, 0.05) is 23.3 Å². The lowest BCUT2D eigenvalue weighted by molar-refractivity contribution is 0.101. The topological polar surface area (TPSA) is 88.0 Å². The van der Waals surface area contributed by atoms with E-state index in [4.69, 9.17) is 0 Å². The van der Waals surface area contributed by atoms with Gasteiger partial charge in [-0.2, -0.15) is 5.10 Å². The first-order chi connectivity index (χ1) is 10.8. The number of amides is 1. The van der Waals surface area contributed by atoms with E-state index in [9.17, 15) is 4.79 Å². The van der Waals surface area contributed by atoms with Crippen LogP contribution in [0.3, 0.4) is 0 Å². The van der Waals surface area contributed by atoms with E-state index >= 15 is 0 Å². The third-order valence-electron chi connectivity index (χ3n) is 3.17. The molecule has 0 saturated heterocycles. The lowest BCUT2D eigenvalue weighted by Crippen LogP contribution is -2.14. The number of benzene rings is 1. The van der Waals surface area contributed by atoms with Gasteiger partial charge in [0.05, 0.1) is 11.4 Å². The molecule has 22 heavy (non-hydrogen) atoms. The van der Waals surface area contributed by atoms with E-state index in [2.05, 4.69) is 25.5 Å². The Labute approximate surface area is 128 Å². The van der Waals surface area contributed by atoms with Crippen LogP contribution in [0.5, 0.6) is 0 Å². The van der Waals surface area contributed by atoms with Gasteiger partial charge in [0.15, 0.2) is 4.96 Å². The fourth-order valence-corrected chi connectivity index (χ4v) is 2.87. The number of nitrogens with one attached hydrogen (secondary N) is 2. The predicted octanol–water partition coefficient (Wildman–Crippen LogP) is 2.43. The maximum Gasteiger partial charge on any atom is 0.292 e. The number of aromatic amines is 1. The molecule has 0 aliphatic heterocycles. The van der Waals surface area contributed by atoms with Crippen molar-refractivity contribution in [2.75, 3.05) is 5.32 Å². The summed E-state index contributed by atoms with van der Waals surface area (Å²) in [5.41, 5.74) is 2.33. The second-order valence-corrected chi connectivity index (χ2v) is 5.43. The second kappa shape index (κ2) is 5.08. The summed E-state index contributed by atoms with van der Waals surface area (Å²) in [6.45, 7) is 0. The average Bonchev–Trinajstić information content (AvgIpc) is 3.24. The molecule has 0 atom stereocenters. The first-order valence-electron chi connectivity index (χ1n) is 6.49. The van der Waals surface area contributed by atoms with E-state index in [0.29, 0.717) is 5.69 Å². The van der Waals surface area contributed by atoms with Crippen LogP contribution < -0.4 is 5.32 Å². The van der Waals surface area contributed by atoms with Crippen LogP contribution in [0.15, 0.2) is 48.4 Å². The molecule has 0 aliphatic carbocycles. The summed E-state index contributed by atoms with van der Waals surface area (Å²) in [7, 11) is 0. The predicted molar refractivity (Wildman–Crippen MR) is 82.8 cm³/mol. The third-order valence-corrected chi connectivity index (χ3v) is 3.95. The van der Waals surface area contributed by atoms with Crippen LogP contribution in [0.25, 0.3) is 16.2 Å². The highest BCUT2D eigenvalue weighted by molar-refractivity contribution is 7.15. The van der Waals surface area contributed by atoms with Gasteiger partial charge in [0.2, 0.25) is 5.82 Å². The van der Waals surface area contributed by atoms with Gasteiger partial charge in [0.1, 0.15) is 6.33 Å². The van der Waals surface area contributed by atoms with Gasteiger partial charge in [-0.15, -0.1) is 11.3 Å². The molecule has 108 valence electrons. The molecule has 1 aromatic carbocycles. The highest BCUT2D eigenvalue weighted by atomic mass is 32.1. The molecule has 0 aliphatic rings. The smallest absolute Gasteiger partial charge is 0.292 e. The monoisotopic (exact) mass is 310 g/mol. The summed E-state index contributed by atoms with van der Waals surface area (Å²) >= 11 is 1.56. The maximum absolute atomic E-state index is 12.1. The maximum atomic E-state index is 12.1. The molecule has 3 heterocycles. The molecule has 4 rings (SSSR count). The zero-order valence-corrected chi connectivity index (χ0v) is 12.0. The summed E-state index contributed by atoms with van der Waals surface area (Å²) in [4.78, 5) is 21.4. The van der Waals surface area contributed by atoms with Crippen LogP contribution in [-0.2, 0) is 0 Å². The van der Waals surface area contributed by atoms with Gasteiger partial charge in [-0.05, 0) is 6.07 Å². The van der Waals surface area contributed by atoms with Crippen molar-refractivity contribution in [3.63, 3.8) is 0 Å². The zero-order valence-electron chi connectivity index (χ0n) is 11.2. The fourth-order valence-electron chi connectivity index (χ4n) is 2.17. The quantitative estimate of drug-likeness (QED) is 0.608. The molecule has 8 heteroatoms. The molecule has 4 aromatic rings. The summed E-state index contributed by atoms with van der Waals surface area (Å²) in [5, 5.41) is 11.0. The fraction of sp³-hybridized carbons (Fsp3) is 0. The number of rotatable bonds is 3. The minimum Gasteiger partial charge on any atom is -0.319 e. The average molecular weight is 310 g/mol. The van der Waals surface area contributed by atoms with E-state index < -0.39 is 0 Å². The lowest BCUT2D eigenvalue weighted by atomic mass is 10.1. The summed E-state index contributed by atoms with van der Waals surface area (Å²) < 4.78 is 1.95. The molecular formula is C14H10N6OS. The second-order valence-electron chi connectivity index (χ2n) is 4.55. The van der Waals surface area contributed by atoms with Gasteiger partial charge in [-0.1, -0.05) is 18.2 Å². The normalized spacial score (nSPS) is 10.9. The minimum atomic E-state index is -0.342. The molecule has 1 amide bonds. The van der Waals surface area contributed by atoms with Gasteiger partial charge >= 0.3 is 0 Å². The van der Waals surface area contributed by atoms with Crippen molar-refractivity contribution in [3.8, 4) is 11.3 Å². The Balaban J connectivity index is 1.71. The molecular weight excluding hydrogens is 300 g/mol. The molecule has 0 saturated carbocycles. The van der Waals surface area contributed by atoms with Crippen molar-refractivity contribution in [2.45, 2.75) is 0 Å². The molecule has 2 N–H and O–H groups in total. The highest BCUT2D eigenvalue weighted by Gasteiger charge is 2.14. The van der Waals surface area contributed by atoms with Gasteiger partial charge in [0.25, 0.3) is 5.91 Å². The van der Waals surface area contributed by atoms with Crippen LogP contribution in [-0.4, -0.2) is 30.5 Å². The number of anilines is 1. The Kier molecular flexibility index (Phi) is 2.94. The Morgan fingerprint density at radius 3 is 3.05 bits per heavy atom. The van der Waals surface area contributed by atoms with Gasteiger partial charge in [-0.3, -0.25) is 14.3 Å². The number of H-pyrrole nitrogens is 1. The van der Waals surface area contributed by atoms with Crippen LogP contribution in [0, 0.1) is 0 Å². The number of aromatic nitrogens is 5. The molecule has 7 nitrogen and oxygen atoms in total. The number of thiazole rings is 1. The Bertz CT molecular complexity index is 911. The Morgan fingerprint density at radius 1 is 1.32 bits per heavy atom. The first kappa shape index (κ1) is 12.7. The summed E-state index contributed by atoms with van der Waals surface area (Å²) in [5.74, 6) is -0.174. The first-order valence-corrected chi connectivity index (χ1v) is 7.37.